The number of rotatable bonds is 7. The molecule has 0 N–H and O–H groups in total. The van der Waals surface area contributed by atoms with E-state index >= 15 is 0 Å². The van der Waals surface area contributed by atoms with Crippen LogP contribution in [0.2, 0.25) is 0 Å². The number of hydrogen-bond acceptors (Lipinski definition) is 5. The van der Waals surface area contributed by atoms with Gasteiger partial charge in [0.2, 0.25) is 11.8 Å². The van der Waals surface area contributed by atoms with Crippen molar-refractivity contribution < 1.29 is 14.1 Å². The number of carbonyl (C=O) groups is 1. The summed E-state index contributed by atoms with van der Waals surface area (Å²) in [5.74, 6) is 1.65. The number of aromatic nitrogens is 1. The Bertz CT molecular complexity index is 851. The van der Waals surface area contributed by atoms with Gasteiger partial charge in [-0.3, -0.25) is 4.79 Å². The molecule has 1 aliphatic heterocycles. The summed E-state index contributed by atoms with van der Waals surface area (Å²) in [4.78, 5) is 17.2. The van der Waals surface area contributed by atoms with Crippen LogP contribution in [0.5, 0.6) is 0 Å². The van der Waals surface area contributed by atoms with Crippen LogP contribution in [0.3, 0.4) is 0 Å². The first kappa shape index (κ1) is 20.0. The lowest BCUT2D eigenvalue weighted by Gasteiger charge is -2.29. The highest BCUT2D eigenvalue weighted by Gasteiger charge is 2.35. The van der Waals surface area contributed by atoms with E-state index in [1.807, 2.05) is 11.0 Å². The third-order valence-corrected chi connectivity index (χ3v) is 5.53. The molecule has 4 rings (SSSR count). The lowest BCUT2D eigenvalue weighted by atomic mass is 10.0. The van der Waals surface area contributed by atoms with Gasteiger partial charge in [-0.2, -0.15) is 0 Å². The smallest absolute Gasteiger partial charge is 0.233 e. The van der Waals surface area contributed by atoms with Gasteiger partial charge in [0, 0.05) is 31.1 Å². The number of nitrogens with zero attached hydrogens (tertiary/aromatic N) is 3. The minimum atomic E-state index is 0.197. The molecule has 2 aromatic rings. The third kappa shape index (κ3) is 4.64. The van der Waals surface area contributed by atoms with E-state index in [4.69, 9.17) is 9.26 Å². The van der Waals surface area contributed by atoms with E-state index < -0.39 is 0 Å². The zero-order valence-electron chi connectivity index (χ0n) is 17.7. The van der Waals surface area contributed by atoms with E-state index in [2.05, 4.69) is 49.0 Å². The summed E-state index contributed by atoms with van der Waals surface area (Å²) in [5, 5.41) is 4.46. The van der Waals surface area contributed by atoms with Crippen LogP contribution in [0.4, 0.5) is 5.88 Å². The number of carbonyl (C=O) groups excluding carboxylic acids is 1. The summed E-state index contributed by atoms with van der Waals surface area (Å²) in [6.07, 6.45) is 2.02. The highest BCUT2D eigenvalue weighted by molar-refractivity contribution is 5.81. The molecule has 1 amide bonds. The Morgan fingerprint density at radius 2 is 2.03 bits per heavy atom. The highest BCUT2D eigenvalue weighted by atomic mass is 16.5. The highest BCUT2D eigenvalue weighted by Crippen LogP contribution is 2.36. The van der Waals surface area contributed by atoms with E-state index in [1.54, 1.807) is 0 Å². The van der Waals surface area contributed by atoms with E-state index in [9.17, 15) is 4.79 Å². The van der Waals surface area contributed by atoms with Crippen LogP contribution in [0.15, 0.2) is 28.8 Å². The van der Waals surface area contributed by atoms with E-state index in [-0.39, 0.29) is 11.8 Å². The monoisotopic (exact) mass is 397 g/mol. The number of ether oxygens (including phenoxy) is 1. The third-order valence-electron chi connectivity index (χ3n) is 5.53. The summed E-state index contributed by atoms with van der Waals surface area (Å²) in [7, 11) is 0. The molecule has 1 aromatic heterocycles. The number of hydrogen-bond donors (Lipinski definition) is 0. The zero-order chi connectivity index (χ0) is 20.4. The second kappa shape index (κ2) is 8.57. The van der Waals surface area contributed by atoms with Gasteiger partial charge in [-0.05, 0) is 31.7 Å². The first-order valence-electron chi connectivity index (χ1n) is 10.7. The predicted octanol–water partition coefficient (Wildman–Crippen LogP) is 3.88. The van der Waals surface area contributed by atoms with Gasteiger partial charge in [0.05, 0.1) is 25.3 Å². The average molecular weight is 398 g/mol. The molecular weight excluding hydrogens is 366 g/mol. The summed E-state index contributed by atoms with van der Waals surface area (Å²) < 4.78 is 11.4. The number of morpholine rings is 1. The van der Waals surface area contributed by atoms with Gasteiger partial charge in [0.1, 0.15) is 5.69 Å². The standard InChI is InChI=1S/C23H31N3O3/c1-16(2)14-26(22(27)18-7-8-18)15-20-21(19-6-4-5-17(3)13-19)24-29-23(20)25-9-11-28-12-10-25/h4-6,13,16,18H,7-12,14-15H2,1-3H3. The van der Waals surface area contributed by atoms with Crippen LogP contribution in [0.1, 0.15) is 37.8 Å². The molecule has 1 aliphatic carbocycles. The Labute approximate surface area is 172 Å². The fourth-order valence-corrected chi connectivity index (χ4v) is 3.93. The maximum Gasteiger partial charge on any atom is 0.233 e. The van der Waals surface area contributed by atoms with Gasteiger partial charge in [-0.25, -0.2) is 0 Å². The van der Waals surface area contributed by atoms with Gasteiger partial charge in [0.15, 0.2) is 0 Å². The van der Waals surface area contributed by atoms with E-state index in [1.165, 1.54) is 5.56 Å². The Kier molecular flexibility index (Phi) is 5.90. The molecule has 0 bridgehead atoms. The fourth-order valence-electron chi connectivity index (χ4n) is 3.93. The first-order valence-corrected chi connectivity index (χ1v) is 10.7. The van der Waals surface area contributed by atoms with Gasteiger partial charge < -0.3 is 19.1 Å². The molecule has 6 nitrogen and oxygen atoms in total. The second-order valence-corrected chi connectivity index (χ2v) is 8.67. The second-order valence-electron chi connectivity index (χ2n) is 8.67. The van der Waals surface area contributed by atoms with Crippen LogP contribution in [0, 0.1) is 18.8 Å². The van der Waals surface area contributed by atoms with Gasteiger partial charge >= 0.3 is 0 Å². The Morgan fingerprint density at radius 3 is 2.69 bits per heavy atom. The first-order chi connectivity index (χ1) is 14.0. The molecular formula is C23H31N3O3. The quantitative estimate of drug-likeness (QED) is 0.710. The van der Waals surface area contributed by atoms with Crippen molar-refractivity contribution in [2.45, 2.75) is 40.2 Å². The number of amides is 1. The van der Waals surface area contributed by atoms with Crippen LogP contribution in [-0.4, -0.2) is 48.8 Å². The molecule has 1 saturated heterocycles. The molecule has 156 valence electrons. The topological polar surface area (TPSA) is 58.8 Å². The normalized spacial score (nSPS) is 17.0. The van der Waals surface area contributed by atoms with Crippen molar-refractivity contribution in [2.75, 3.05) is 37.7 Å². The molecule has 1 aromatic carbocycles. The Hall–Kier alpha value is -2.34. The summed E-state index contributed by atoms with van der Waals surface area (Å²) in [5.41, 5.74) is 4.06. The molecule has 29 heavy (non-hydrogen) atoms. The van der Waals surface area contributed by atoms with Crippen LogP contribution in [0.25, 0.3) is 11.3 Å². The van der Waals surface area contributed by atoms with Crippen molar-refractivity contribution in [3.63, 3.8) is 0 Å². The molecule has 0 spiro atoms. The van der Waals surface area contributed by atoms with Gasteiger partial charge in [-0.15, -0.1) is 0 Å². The lowest BCUT2D eigenvalue weighted by molar-refractivity contribution is -0.133. The number of anilines is 1. The van der Waals surface area contributed by atoms with Crippen molar-refractivity contribution >= 4 is 11.8 Å². The largest absolute Gasteiger partial charge is 0.378 e. The SMILES string of the molecule is Cc1cccc(-c2noc(N3CCOCC3)c2CN(CC(C)C)C(=O)C2CC2)c1. The average Bonchev–Trinajstić information content (AvgIpc) is 3.47. The minimum Gasteiger partial charge on any atom is -0.378 e. The summed E-state index contributed by atoms with van der Waals surface area (Å²) in [6, 6.07) is 8.31. The molecule has 2 heterocycles. The molecule has 2 fully saturated rings. The maximum absolute atomic E-state index is 13.0. The summed E-state index contributed by atoms with van der Waals surface area (Å²) >= 11 is 0. The van der Waals surface area contributed by atoms with E-state index in [0.29, 0.717) is 25.7 Å². The van der Waals surface area contributed by atoms with Crippen molar-refractivity contribution in [2.24, 2.45) is 11.8 Å². The lowest BCUT2D eigenvalue weighted by Crippen LogP contribution is -2.38. The number of benzene rings is 1. The molecule has 0 atom stereocenters. The summed E-state index contributed by atoms with van der Waals surface area (Å²) in [6.45, 7) is 10.6. The fraction of sp³-hybridized carbons (Fsp3) is 0.565. The van der Waals surface area contributed by atoms with Crippen LogP contribution in [-0.2, 0) is 16.1 Å². The van der Waals surface area contributed by atoms with E-state index in [0.717, 1.165) is 55.2 Å². The molecule has 1 saturated carbocycles. The van der Waals surface area contributed by atoms with Crippen molar-refractivity contribution in [3.05, 3.63) is 35.4 Å². The maximum atomic E-state index is 13.0. The molecule has 0 radical (unpaired) electrons. The molecule has 0 unspecified atom stereocenters. The Morgan fingerprint density at radius 1 is 1.28 bits per heavy atom. The number of aryl methyl sites for hydroxylation is 1. The van der Waals surface area contributed by atoms with Crippen molar-refractivity contribution in [3.8, 4) is 11.3 Å². The zero-order valence-corrected chi connectivity index (χ0v) is 17.7. The van der Waals surface area contributed by atoms with Gasteiger partial charge in [-0.1, -0.05) is 42.8 Å². The minimum absolute atomic E-state index is 0.197. The van der Waals surface area contributed by atoms with Gasteiger partial charge in [0.25, 0.3) is 0 Å². The molecule has 6 heteroatoms. The van der Waals surface area contributed by atoms with Crippen molar-refractivity contribution in [1.82, 2.24) is 10.1 Å². The van der Waals surface area contributed by atoms with Crippen LogP contribution >= 0.6 is 0 Å². The van der Waals surface area contributed by atoms with Crippen molar-refractivity contribution in [1.29, 1.82) is 0 Å². The molecule has 2 aliphatic rings. The Balaban J connectivity index is 1.71. The van der Waals surface area contributed by atoms with Crippen LogP contribution < -0.4 is 4.90 Å². The predicted molar refractivity (Wildman–Crippen MR) is 113 cm³/mol.